The van der Waals surface area contributed by atoms with E-state index >= 15 is 0 Å². The van der Waals surface area contributed by atoms with Gasteiger partial charge in [-0.05, 0) is 104 Å². The maximum absolute atomic E-state index is 14.1. The molecule has 0 N–H and O–H groups in total. The molecule has 1 fully saturated rings. The highest BCUT2D eigenvalue weighted by molar-refractivity contribution is 6.30. The molecule has 13 nitrogen and oxygen atoms in total. The number of hydrogen-bond donors (Lipinski definition) is 0. The predicted octanol–water partition coefficient (Wildman–Crippen LogP) is 6.59. The van der Waals surface area contributed by atoms with Crippen molar-refractivity contribution in [2.75, 3.05) is 0 Å². The van der Waals surface area contributed by atoms with Gasteiger partial charge in [-0.1, -0.05) is 11.6 Å². The van der Waals surface area contributed by atoms with E-state index in [4.69, 9.17) is 30.5 Å². The van der Waals surface area contributed by atoms with Crippen LogP contribution in [0.1, 0.15) is 68.7 Å². The summed E-state index contributed by atoms with van der Waals surface area (Å²) in [5.74, 6) is -1.98. The molecular formula is C31H38ClFN6O7. The van der Waals surface area contributed by atoms with Gasteiger partial charge in [-0.15, -0.1) is 10.2 Å². The SMILES string of the molecule is CC(C)(C)OC(=O)C1CC1(Cn1nnc(-c2ccc(Oc3ncc(Cl)cc3F)cc2)n1)N(C(=O)OC(C)(C)C)C(=O)OC(C)(C)C. The molecule has 1 aliphatic carbocycles. The third-order valence-corrected chi connectivity index (χ3v) is 6.51. The van der Waals surface area contributed by atoms with E-state index in [2.05, 4.69) is 20.4 Å². The molecule has 4 rings (SSSR count). The maximum Gasteiger partial charge on any atom is 0.420 e. The fourth-order valence-corrected chi connectivity index (χ4v) is 4.59. The van der Waals surface area contributed by atoms with Crippen molar-refractivity contribution in [1.29, 1.82) is 0 Å². The van der Waals surface area contributed by atoms with Crippen molar-refractivity contribution in [3.8, 4) is 23.0 Å². The number of carbonyl (C=O) groups excluding carboxylic acids is 3. The van der Waals surface area contributed by atoms with Crippen molar-refractivity contribution in [1.82, 2.24) is 30.1 Å². The standard InChI is InChI=1S/C31H38ClFN6O7/c1-28(2,3)44-25(40)21-15-31(21,39(26(41)45-29(4,5)6)27(42)46-30(7,8)9)17-38-36-23(35-37-38)18-10-12-20(13-11-18)43-24-22(33)14-19(32)16-34-24/h10-14,16,21H,15,17H2,1-9H3. The number of halogens is 2. The summed E-state index contributed by atoms with van der Waals surface area (Å²) in [5, 5.41) is 12.8. The van der Waals surface area contributed by atoms with Crippen LogP contribution in [0.25, 0.3) is 11.4 Å². The summed E-state index contributed by atoms with van der Waals surface area (Å²) in [6, 6.07) is 7.50. The summed E-state index contributed by atoms with van der Waals surface area (Å²) in [7, 11) is 0. The van der Waals surface area contributed by atoms with Gasteiger partial charge < -0.3 is 18.9 Å². The Hall–Kier alpha value is -4.33. The largest absolute Gasteiger partial charge is 0.460 e. The van der Waals surface area contributed by atoms with Crippen molar-refractivity contribution in [3.05, 3.63) is 47.4 Å². The predicted molar refractivity (Wildman–Crippen MR) is 164 cm³/mol. The van der Waals surface area contributed by atoms with Crippen LogP contribution in [-0.2, 0) is 25.5 Å². The lowest BCUT2D eigenvalue weighted by Gasteiger charge is -2.34. The van der Waals surface area contributed by atoms with Crippen LogP contribution in [-0.4, -0.2) is 70.6 Å². The van der Waals surface area contributed by atoms with Gasteiger partial charge in [0.25, 0.3) is 5.88 Å². The molecule has 2 amide bonds. The first-order chi connectivity index (χ1) is 21.2. The third-order valence-electron chi connectivity index (χ3n) is 6.30. The molecule has 0 saturated heterocycles. The first kappa shape index (κ1) is 34.5. The number of pyridine rings is 1. The van der Waals surface area contributed by atoms with E-state index in [0.29, 0.717) is 11.3 Å². The Bertz CT molecular complexity index is 1580. The Morgan fingerprint density at radius 2 is 1.52 bits per heavy atom. The first-order valence-corrected chi connectivity index (χ1v) is 14.9. The maximum atomic E-state index is 14.1. The van der Waals surface area contributed by atoms with Crippen molar-refractivity contribution in [3.63, 3.8) is 0 Å². The molecule has 1 saturated carbocycles. The third kappa shape index (κ3) is 8.68. The number of ether oxygens (including phenoxy) is 4. The lowest BCUT2D eigenvalue weighted by Crippen LogP contribution is -2.54. The van der Waals surface area contributed by atoms with Crippen LogP contribution in [0, 0.1) is 11.7 Å². The lowest BCUT2D eigenvalue weighted by molar-refractivity contribution is -0.157. The summed E-state index contributed by atoms with van der Waals surface area (Å²) >= 11 is 5.75. The van der Waals surface area contributed by atoms with Gasteiger partial charge in [-0.2, -0.15) is 4.80 Å². The number of amides is 2. The molecular weight excluding hydrogens is 623 g/mol. The molecule has 0 spiro atoms. The monoisotopic (exact) mass is 660 g/mol. The van der Waals surface area contributed by atoms with Crippen LogP contribution >= 0.6 is 11.6 Å². The Labute approximate surface area is 271 Å². The van der Waals surface area contributed by atoms with E-state index in [1.807, 2.05) is 0 Å². The van der Waals surface area contributed by atoms with Gasteiger partial charge in [-0.3, -0.25) is 4.79 Å². The summed E-state index contributed by atoms with van der Waals surface area (Å²) in [6.07, 6.45) is -0.659. The first-order valence-electron chi connectivity index (χ1n) is 14.5. The summed E-state index contributed by atoms with van der Waals surface area (Å²) < 4.78 is 36.4. The van der Waals surface area contributed by atoms with Crippen LogP contribution in [0.4, 0.5) is 14.0 Å². The highest BCUT2D eigenvalue weighted by Gasteiger charge is 2.68. The molecule has 3 aromatic rings. The van der Waals surface area contributed by atoms with Crippen molar-refractivity contribution in [2.45, 2.75) is 97.6 Å². The number of esters is 1. The molecule has 0 bridgehead atoms. The van der Waals surface area contributed by atoms with Crippen LogP contribution in [0.3, 0.4) is 0 Å². The van der Waals surface area contributed by atoms with E-state index in [-0.39, 0.29) is 29.7 Å². The zero-order chi connectivity index (χ0) is 34.2. The fraction of sp³-hybridized carbons (Fsp3) is 0.516. The number of hydrogen-bond acceptors (Lipinski definition) is 11. The second-order valence-electron chi connectivity index (χ2n) is 13.9. The molecule has 0 radical (unpaired) electrons. The molecule has 46 heavy (non-hydrogen) atoms. The normalized spacial score (nSPS) is 18.0. The highest BCUT2D eigenvalue weighted by atomic mass is 35.5. The van der Waals surface area contributed by atoms with Crippen LogP contribution in [0.15, 0.2) is 36.5 Å². The topological polar surface area (TPSA) is 148 Å². The molecule has 1 aromatic carbocycles. The summed E-state index contributed by atoms with van der Waals surface area (Å²) in [4.78, 5) is 46.3. The van der Waals surface area contributed by atoms with Gasteiger partial charge in [0.05, 0.1) is 23.0 Å². The number of imide groups is 1. The smallest absolute Gasteiger partial charge is 0.420 e. The minimum absolute atomic E-state index is 0.0542. The average molecular weight is 661 g/mol. The van der Waals surface area contributed by atoms with Gasteiger partial charge >= 0.3 is 18.2 Å². The number of aromatic nitrogens is 5. The van der Waals surface area contributed by atoms with Gasteiger partial charge in [0.15, 0.2) is 5.82 Å². The summed E-state index contributed by atoms with van der Waals surface area (Å²) in [5.41, 5.74) is -3.68. The Morgan fingerprint density at radius 1 is 0.957 bits per heavy atom. The summed E-state index contributed by atoms with van der Waals surface area (Å²) in [6.45, 7) is 14.9. The van der Waals surface area contributed by atoms with E-state index in [9.17, 15) is 18.8 Å². The van der Waals surface area contributed by atoms with Crippen LogP contribution < -0.4 is 4.74 Å². The molecule has 15 heteroatoms. The molecule has 248 valence electrons. The van der Waals surface area contributed by atoms with E-state index in [1.165, 1.54) is 11.0 Å². The van der Waals surface area contributed by atoms with Crippen LogP contribution in [0.2, 0.25) is 5.02 Å². The second-order valence-corrected chi connectivity index (χ2v) is 14.3. The molecule has 2 atom stereocenters. The average Bonchev–Trinajstić information content (AvgIpc) is 3.40. The van der Waals surface area contributed by atoms with Crippen molar-refractivity contribution in [2.24, 2.45) is 5.92 Å². The Morgan fingerprint density at radius 3 is 2.04 bits per heavy atom. The molecule has 1 aliphatic rings. The van der Waals surface area contributed by atoms with Gasteiger partial charge in [0, 0.05) is 11.8 Å². The van der Waals surface area contributed by atoms with E-state index in [0.717, 1.165) is 11.0 Å². The zero-order valence-electron chi connectivity index (χ0n) is 27.3. The van der Waals surface area contributed by atoms with Gasteiger partial charge in [0.1, 0.15) is 22.6 Å². The van der Waals surface area contributed by atoms with Crippen molar-refractivity contribution >= 4 is 29.8 Å². The highest BCUT2D eigenvalue weighted by Crippen LogP contribution is 2.52. The number of carbonyl (C=O) groups is 3. The fourth-order valence-electron chi connectivity index (χ4n) is 4.45. The quantitative estimate of drug-likeness (QED) is 0.199. The molecule has 0 aliphatic heterocycles. The molecule has 2 heterocycles. The lowest BCUT2D eigenvalue weighted by atomic mass is 10.1. The zero-order valence-corrected chi connectivity index (χ0v) is 28.0. The number of nitrogens with zero attached hydrogens (tertiary/aromatic N) is 6. The molecule has 2 aromatic heterocycles. The van der Waals surface area contributed by atoms with E-state index < -0.39 is 52.2 Å². The van der Waals surface area contributed by atoms with E-state index in [1.54, 1.807) is 86.6 Å². The van der Waals surface area contributed by atoms with Crippen molar-refractivity contribution < 1.29 is 37.7 Å². The van der Waals surface area contributed by atoms with Crippen LogP contribution in [0.5, 0.6) is 11.6 Å². The number of rotatable bonds is 7. The minimum atomic E-state index is -1.47. The Kier molecular flexibility index (Phi) is 9.36. The second kappa shape index (κ2) is 12.5. The number of benzene rings is 1. The minimum Gasteiger partial charge on any atom is -0.460 e. The van der Waals surface area contributed by atoms with Gasteiger partial charge in [-0.25, -0.2) is 23.9 Å². The Balaban J connectivity index is 1.64. The van der Waals surface area contributed by atoms with Gasteiger partial charge in [0.2, 0.25) is 5.82 Å². The molecule has 2 unspecified atom stereocenters. The number of tetrazole rings is 1.